The SMILES string of the molecule is O=C(Nc1cc(F)cc(F)c1)c1ccc(N2CCC(O)CC2)cc1. The molecule has 0 atom stereocenters. The van der Waals surface area contributed by atoms with E-state index in [0.29, 0.717) is 5.56 Å². The first kappa shape index (κ1) is 16.4. The molecule has 1 amide bonds. The fraction of sp³-hybridized carbons (Fsp3) is 0.278. The lowest BCUT2D eigenvalue weighted by Crippen LogP contribution is -2.35. The number of aliphatic hydroxyl groups excluding tert-OH is 1. The second-order valence-electron chi connectivity index (χ2n) is 5.88. The lowest BCUT2D eigenvalue weighted by Gasteiger charge is -2.31. The summed E-state index contributed by atoms with van der Waals surface area (Å²) in [5.74, 6) is -1.92. The van der Waals surface area contributed by atoms with Gasteiger partial charge in [0.15, 0.2) is 0 Å². The fourth-order valence-corrected chi connectivity index (χ4v) is 2.78. The Kier molecular flexibility index (Phi) is 4.76. The molecule has 1 heterocycles. The molecule has 4 nitrogen and oxygen atoms in total. The van der Waals surface area contributed by atoms with E-state index in [-0.39, 0.29) is 11.8 Å². The minimum Gasteiger partial charge on any atom is -0.393 e. The topological polar surface area (TPSA) is 52.6 Å². The number of piperidine rings is 1. The van der Waals surface area contributed by atoms with Gasteiger partial charge in [-0.3, -0.25) is 4.79 Å². The molecule has 0 unspecified atom stereocenters. The average molecular weight is 332 g/mol. The van der Waals surface area contributed by atoms with Crippen LogP contribution in [0.3, 0.4) is 0 Å². The molecule has 0 saturated carbocycles. The van der Waals surface area contributed by atoms with Crippen molar-refractivity contribution in [3.05, 3.63) is 59.7 Å². The normalized spacial score (nSPS) is 15.4. The van der Waals surface area contributed by atoms with Crippen LogP contribution in [-0.4, -0.2) is 30.2 Å². The van der Waals surface area contributed by atoms with Gasteiger partial charge in [0.25, 0.3) is 5.91 Å². The molecule has 0 radical (unpaired) electrons. The third-order valence-electron chi connectivity index (χ3n) is 4.08. The first-order chi connectivity index (χ1) is 11.5. The van der Waals surface area contributed by atoms with Crippen molar-refractivity contribution in [3.63, 3.8) is 0 Å². The Morgan fingerprint density at radius 3 is 2.21 bits per heavy atom. The van der Waals surface area contributed by atoms with E-state index >= 15 is 0 Å². The van der Waals surface area contributed by atoms with E-state index in [1.54, 1.807) is 12.1 Å². The van der Waals surface area contributed by atoms with E-state index in [1.807, 2.05) is 12.1 Å². The molecular weight excluding hydrogens is 314 g/mol. The fourth-order valence-electron chi connectivity index (χ4n) is 2.78. The van der Waals surface area contributed by atoms with E-state index in [2.05, 4.69) is 10.2 Å². The van der Waals surface area contributed by atoms with Crippen molar-refractivity contribution < 1.29 is 18.7 Å². The van der Waals surface area contributed by atoms with Gasteiger partial charge < -0.3 is 15.3 Å². The van der Waals surface area contributed by atoms with Crippen LogP contribution in [0.5, 0.6) is 0 Å². The van der Waals surface area contributed by atoms with Gasteiger partial charge >= 0.3 is 0 Å². The molecule has 1 fully saturated rings. The summed E-state index contributed by atoms with van der Waals surface area (Å²) in [4.78, 5) is 14.3. The molecule has 6 heteroatoms. The van der Waals surface area contributed by atoms with Crippen molar-refractivity contribution in [1.82, 2.24) is 0 Å². The minimum atomic E-state index is -0.743. The zero-order chi connectivity index (χ0) is 17.1. The zero-order valence-corrected chi connectivity index (χ0v) is 13.0. The molecule has 1 saturated heterocycles. The Morgan fingerprint density at radius 2 is 1.62 bits per heavy atom. The van der Waals surface area contributed by atoms with E-state index < -0.39 is 17.5 Å². The van der Waals surface area contributed by atoms with Gasteiger partial charge in [-0.15, -0.1) is 0 Å². The molecule has 2 aromatic rings. The highest BCUT2D eigenvalue weighted by atomic mass is 19.1. The lowest BCUT2D eigenvalue weighted by molar-refractivity contribution is 0.102. The zero-order valence-electron chi connectivity index (χ0n) is 13.0. The van der Waals surface area contributed by atoms with E-state index in [4.69, 9.17) is 0 Å². The highest BCUT2D eigenvalue weighted by Gasteiger charge is 2.17. The molecule has 24 heavy (non-hydrogen) atoms. The molecule has 0 bridgehead atoms. The summed E-state index contributed by atoms with van der Waals surface area (Å²) in [5, 5.41) is 12.0. The number of hydrogen-bond donors (Lipinski definition) is 2. The first-order valence-electron chi connectivity index (χ1n) is 7.82. The van der Waals surface area contributed by atoms with Gasteiger partial charge in [-0.25, -0.2) is 8.78 Å². The number of amides is 1. The van der Waals surface area contributed by atoms with E-state index in [9.17, 15) is 18.7 Å². The standard InChI is InChI=1S/C18H18F2N2O2/c19-13-9-14(20)11-15(10-13)21-18(24)12-1-3-16(4-2-12)22-7-5-17(23)6-8-22/h1-4,9-11,17,23H,5-8H2,(H,21,24). The third kappa shape index (κ3) is 3.89. The smallest absolute Gasteiger partial charge is 0.255 e. The summed E-state index contributed by atoms with van der Waals surface area (Å²) in [7, 11) is 0. The quantitative estimate of drug-likeness (QED) is 0.908. The molecule has 0 aromatic heterocycles. The van der Waals surface area contributed by atoms with Crippen LogP contribution in [0.1, 0.15) is 23.2 Å². The second kappa shape index (κ2) is 6.97. The van der Waals surface area contributed by atoms with Gasteiger partial charge in [0.05, 0.1) is 6.10 Å². The Balaban J connectivity index is 1.67. The number of carbonyl (C=O) groups is 1. The molecule has 3 rings (SSSR count). The lowest BCUT2D eigenvalue weighted by atomic mass is 10.1. The maximum absolute atomic E-state index is 13.2. The maximum Gasteiger partial charge on any atom is 0.255 e. The Morgan fingerprint density at radius 1 is 1.04 bits per heavy atom. The summed E-state index contributed by atoms with van der Waals surface area (Å²) >= 11 is 0. The van der Waals surface area contributed by atoms with Crippen LogP contribution in [0.25, 0.3) is 0 Å². The number of nitrogens with one attached hydrogen (secondary N) is 1. The molecule has 2 aromatic carbocycles. The molecule has 126 valence electrons. The predicted molar refractivity (Wildman–Crippen MR) is 88.2 cm³/mol. The number of halogens is 2. The summed E-state index contributed by atoms with van der Waals surface area (Å²) in [5.41, 5.74) is 1.46. The summed E-state index contributed by atoms with van der Waals surface area (Å²) in [6.07, 6.45) is 1.22. The summed E-state index contributed by atoms with van der Waals surface area (Å²) in [6.45, 7) is 1.55. The number of hydrogen-bond acceptors (Lipinski definition) is 3. The Hall–Kier alpha value is -2.47. The van der Waals surface area contributed by atoms with Crippen LogP contribution in [-0.2, 0) is 0 Å². The maximum atomic E-state index is 13.2. The van der Waals surface area contributed by atoms with Crippen molar-refractivity contribution in [2.24, 2.45) is 0 Å². The van der Waals surface area contributed by atoms with Crippen LogP contribution < -0.4 is 10.2 Å². The second-order valence-corrected chi connectivity index (χ2v) is 5.88. The van der Waals surface area contributed by atoms with Crippen molar-refractivity contribution in [3.8, 4) is 0 Å². The van der Waals surface area contributed by atoms with Gasteiger partial charge in [-0.2, -0.15) is 0 Å². The molecule has 0 spiro atoms. The average Bonchev–Trinajstić information content (AvgIpc) is 2.55. The Bertz CT molecular complexity index is 706. The van der Waals surface area contributed by atoms with Gasteiger partial charge in [-0.05, 0) is 49.2 Å². The summed E-state index contributed by atoms with van der Waals surface area (Å²) in [6, 6.07) is 9.89. The predicted octanol–water partition coefficient (Wildman–Crippen LogP) is 3.18. The van der Waals surface area contributed by atoms with Gasteiger partial charge in [0.2, 0.25) is 0 Å². The van der Waals surface area contributed by atoms with E-state index in [0.717, 1.165) is 49.8 Å². The number of nitrogens with zero attached hydrogens (tertiary/aromatic N) is 1. The number of carbonyl (C=O) groups excluding carboxylic acids is 1. The van der Waals surface area contributed by atoms with Crippen molar-refractivity contribution in [2.45, 2.75) is 18.9 Å². The molecule has 1 aliphatic heterocycles. The monoisotopic (exact) mass is 332 g/mol. The van der Waals surface area contributed by atoms with Gasteiger partial charge in [-0.1, -0.05) is 0 Å². The largest absolute Gasteiger partial charge is 0.393 e. The summed E-state index contributed by atoms with van der Waals surface area (Å²) < 4.78 is 26.3. The highest BCUT2D eigenvalue weighted by Crippen LogP contribution is 2.21. The van der Waals surface area contributed by atoms with E-state index in [1.165, 1.54) is 0 Å². The molecule has 0 aliphatic carbocycles. The van der Waals surface area contributed by atoms with Crippen LogP contribution >= 0.6 is 0 Å². The number of benzene rings is 2. The third-order valence-corrected chi connectivity index (χ3v) is 4.08. The number of aliphatic hydroxyl groups is 1. The van der Waals surface area contributed by atoms with Crippen LogP contribution in [0.4, 0.5) is 20.2 Å². The van der Waals surface area contributed by atoms with Crippen LogP contribution in [0, 0.1) is 11.6 Å². The van der Waals surface area contributed by atoms with Crippen molar-refractivity contribution in [1.29, 1.82) is 0 Å². The van der Waals surface area contributed by atoms with Gasteiger partial charge in [0.1, 0.15) is 11.6 Å². The molecule has 2 N–H and O–H groups in total. The first-order valence-corrected chi connectivity index (χ1v) is 7.82. The van der Waals surface area contributed by atoms with Crippen molar-refractivity contribution >= 4 is 17.3 Å². The number of anilines is 2. The molecular formula is C18H18F2N2O2. The van der Waals surface area contributed by atoms with Crippen molar-refractivity contribution in [2.75, 3.05) is 23.3 Å². The van der Waals surface area contributed by atoms with Crippen LogP contribution in [0.2, 0.25) is 0 Å². The minimum absolute atomic E-state index is 0.0756. The highest BCUT2D eigenvalue weighted by molar-refractivity contribution is 6.04. The van der Waals surface area contributed by atoms with Crippen LogP contribution in [0.15, 0.2) is 42.5 Å². The van der Waals surface area contributed by atoms with Gasteiger partial charge in [0, 0.05) is 36.1 Å². The Labute approximate surface area is 138 Å². The molecule has 1 aliphatic rings. The number of rotatable bonds is 3.